The highest BCUT2D eigenvalue weighted by Gasteiger charge is 2.29. The molecule has 0 saturated heterocycles. The summed E-state index contributed by atoms with van der Waals surface area (Å²) in [5.41, 5.74) is 2.20. The molecule has 9 nitrogen and oxygen atoms in total. The molecule has 1 amide bonds. The molecule has 1 aromatic carbocycles. The molecule has 0 radical (unpaired) electrons. The Morgan fingerprint density at radius 1 is 1.21 bits per heavy atom. The summed E-state index contributed by atoms with van der Waals surface area (Å²) in [6.45, 7) is 3.99. The van der Waals surface area contributed by atoms with E-state index in [-0.39, 0.29) is 30.5 Å². The van der Waals surface area contributed by atoms with E-state index in [1.165, 1.54) is 11.3 Å². The number of esters is 1. The Balaban J connectivity index is 1.28. The van der Waals surface area contributed by atoms with Gasteiger partial charge < -0.3 is 23.9 Å². The van der Waals surface area contributed by atoms with Crippen LogP contribution in [-0.2, 0) is 22.4 Å². The lowest BCUT2D eigenvalue weighted by Crippen LogP contribution is -2.23. The first-order valence-corrected chi connectivity index (χ1v) is 12.8. The van der Waals surface area contributed by atoms with Crippen LogP contribution in [0.5, 0.6) is 11.5 Å². The second-order valence-electron chi connectivity index (χ2n) is 7.83. The van der Waals surface area contributed by atoms with E-state index in [0.29, 0.717) is 33.5 Å². The number of hydrogen-bond donors (Lipinski definition) is 1. The van der Waals surface area contributed by atoms with Gasteiger partial charge in [0.2, 0.25) is 18.6 Å². The Hall–Kier alpha value is -3.05. The maximum atomic E-state index is 13.0. The zero-order chi connectivity index (χ0) is 23.7. The number of rotatable bonds is 7. The van der Waals surface area contributed by atoms with E-state index in [1.807, 2.05) is 0 Å². The van der Waals surface area contributed by atoms with Gasteiger partial charge in [0.15, 0.2) is 11.5 Å². The zero-order valence-electron chi connectivity index (χ0n) is 18.7. The van der Waals surface area contributed by atoms with Crippen LogP contribution in [0, 0.1) is 0 Å². The Labute approximate surface area is 204 Å². The van der Waals surface area contributed by atoms with Crippen LogP contribution in [-0.4, -0.2) is 40.7 Å². The maximum Gasteiger partial charge on any atom is 0.341 e. The van der Waals surface area contributed by atoms with Crippen molar-refractivity contribution in [3.63, 3.8) is 0 Å². The molecule has 5 rings (SSSR count). The van der Waals surface area contributed by atoms with Crippen LogP contribution >= 0.6 is 23.1 Å². The molecule has 2 aromatic heterocycles. The lowest BCUT2D eigenvalue weighted by molar-refractivity contribution is -0.115. The van der Waals surface area contributed by atoms with Crippen molar-refractivity contribution in [2.75, 3.05) is 18.7 Å². The third kappa shape index (κ3) is 4.49. The summed E-state index contributed by atoms with van der Waals surface area (Å²) in [4.78, 5) is 26.7. The van der Waals surface area contributed by atoms with Gasteiger partial charge in [-0.25, -0.2) is 4.79 Å². The molecule has 3 aromatic rings. The number of benzene rings is 1. The third-order valence-electron chi connectivity index (χ3n) is 5.56. The van der Waals surface area contributed by atoms with Crippen LogP contribution in [0.2, 0.25) is 0 Å². The maximum absolute atomic E-state index is 13.0. The molecule has 0 saturated carbocycles. The standard InChI is InChI=1S/C23H23N3O6S2/c1-3-29-22(28)18-14-6-4-5-7-17(14)34-21(18)24-19(27)12(2)33-23-26-25-20(32-23)13-8-9-15-16(10-13)31-11-30-15/h8-10,12H,3-7,11H2,1-2H3,(H,24,27)/t12-/m1/s1. The second-order valence-corrected chi connectivity index (χ2v) is 10.2. The van der Waals surface area contributed by atoms with Crippen molar-refractivity contribution in [1.82, 2.24) is 10.2 Å². The van der Waals surface area contributed by atoms with Crippen LogP contribution in [0.3, 0.4) is 0 Å². The quantitative estimate of drug-likeness (QED) is 0.363. The number of fused-ring (bicyclic) bond motifs is 2. The van der Waals surface area contributed by atoms with Crippen molar-refractivity contribution in [3.8, 4) is 23.0 Å². The van der Waals surface area contributed by atoms with Gasteiger partial charge in [-0.15, -0.1) is 21.5 Å². The lowest BCUT2D eigenvalue weighted by atomic mass is 9.95. The number of anilines is 1. The van der Waals surface area contributed by atoms with Gasteiger partial charge >= 0.3 is 5.97 Å². The number of thiophene rings is 1. The molecular weight excluding hydrogens is 478 g/mol. The van der Waals surface area contributed by atoms with Gasteiger partial charge in [-0.1, -0.05) is 11.8 Å². The van der Waals surface area contributed by atoms with Crippen LogP contribution in [0.1, 0.15) is 47.5 Å². The molecule has 2 aliphatic rings. The Morgan fingerprint density at radius 2 is 2.03 bits per heavy atom. The number of aromatic nitrogens is 2. The largest absolute Gasteiger partial charge is 0.462 e. The van der Waals surface area contributed by atoms with Gasteiger partial charge in [0.25, 0.3) is 5.22 Å². The monoisotopic (exact) mass is 501 g/mol. The average Bonchev–Trinajstić information content (AvgIpc) is 3.56. The van der Waals surface area contributed by atoms with E-state index in [9.17, 15) is 9.59 Å². The summed E-state index contributed by atoms with van der Waals surface area (Å²) in [5.74, 6) is 0.970. The summed E-state index contributed by atoms with van der Waals surface area (Å²) < 4.78 is 21.7. The topological polar surface area (TPSA) is 113 Å². The summed E-state index contributed by atoms with van der Waals surface area (Å²) in [6, 6.07) is 5.36. The molecule has 178 valence electrons. The van der Waals surface area contributed by atoms with E-state index in [0.717, 1.165) is 47.9 Å². The number of thioether (sulfide) groups is 1. The SMILES string of the molecule is CCOC(=O)c1c(NC(=O)[C@@H](C)Sc2nnc(-c3ccc4c(c3)OCO4)o2)sc2c1CCCC2. The molecule has 1 aliphatic carbocycles. The van der Waals surface area contributed by atoms with Gasteiger partial charge in [0.1, 0.15) is 5.00 Å². The van der Waals surface area contributed by atoms with E-state index >= 15 is 0 Å². The Morgan fingerprint density at radius 3 is 2.88 bits per heavy atom. The van der Waals surface area contributed by atoms with Crippen LogP contribution in [0.15, 0.2) is 27.8 Å². The van der Waals surface area contributed by atoms with Crippen molar-refractivity contribution in [3.05, 3.63) is 34.2 Å². The van der Waals surface area contributed by atoms with E-state index < -0.39 is 5.25 Å². The van der Waals surface area contributed by atoms with Gasteiger partial charge in [-0.3, -0.25) is 4.79 Å². The van der Waals surface area contributed by atoms with Crippen LogP contribution < -0.4 is 14.8 Å². The van der Waals surface area contributed by atoms with Crippen molar-refractivity contribution >= 4 is 40.0 Å². The van der Waals surface area contributed by atoms with E-state index in [1.54, 1.807) is 32.0 Å². The highest BCUT2D eigenvalue weighted by Crippen LogP contribution is 2.39. The number of aryl methyl sites for hydroxylation is 1. The van der Waals surface area contributed by atoms with Crippen molar-refractivity contribution in [1.29, 1.82) is 0 Å². The highest BCUT2D eigenvalue weighted by molar-refractivity contribution is 8.00. The molecule has 34 heavy (non-hydrogen) atoms. The zero-order valence-corrected chi connectivity index (χ0v) is 20.3. The highest BCUT2D eigenvalue weighted by atomic mass is 32.2. The second kappa shape index (κ2) is 9.67. The van der Waals surface area contributed by atoms with Gasteiger partial charge in [0, 0.05) is 10.4 Å². The minimum absolute atomic E-state index is 0.182. The molecule has 1 atom stereocenters. The van der Waals surface area contributed by atoms with E-state index in [2.05, 4.69) is 15.5 Å². The smallest absolute Gasteiger partial charge is 0.341 e. The number of amides is 1. The number of carbonyl (C=O) groups excluding carboxylic acids is 2. The fourth-order valence-corrected chi connectivity index (χ4v) is 5.86. The van der Waals surface area contributed by atoms with Crippen LogP contribution in [0.4, 0.5) is 5.00 Å². The molecule has 0 bridgehead atoms. The summed E-state index contributed by atoms with van der Waals surface area (Å²) >= 11 is 2.62. The number of nitrogens with one attached hydrogen (secondary N) is 1. The van der Waals surface area contributed by atoms with Crippen molar-refractivity contribution in [2.45, 2.75) is 50.0 Å². The first-order valence-electron chi connectivity index (χ1n) is 11.1. The molecule has 3 heterocycles. The summed E-state index contributed by atoms with van der Waals surface area (Å²) in [6.07, 6.45) is 3.85. The number of hydrogen-bond acceptors (Lipinski definition) is 10. The van der Waals surface area contributed by atoms with Gasteiger partial charge in [0.05, 0.1) is 17.4 Å². The van der Waals surface area contributed by atoms with Crippen molar-refractivity contribution < 1.29 is 28.2 Å². The fourth-order valence-electron chi connectivity index (χ4n) is 3.90. The fraction of sp³-hybridized carbons (Fsp3) is 0.391. The van der Waals surface area contributed by atoms with Crippen LogP contribution in [0.25, 0.3) is 11.5 Å². The molecule has 0 fully saturated rings. The summed E-state index contributed by atoms with van der Waals surface area (Å²) in [7, 11) is 0. The minimum Gasteiger partial charge on any atom is -0.462 e. The molecule has 0 unspecified atom stereocenters. The molecule has 1 aliphatic heterocycles. The predicted octanol–water partition coefficient (Wildman–Crippen LogP) is 4.70. The first kappa shape index (κ1) is 22.7. The van der Waals surface area contributed by atoms with Gasteiger partial charge in [-0.05, 0) is 63.3 Å². The number of ether oxygens (including phenoxy) is 3. The minimum atomic E-state index is -0.528. The predicted molar refractivity (Wildman–Crippen MR) is 127 cm³/mol. The number of carbonyl (C=O) groups is 2. The Kier molecular flexibility index (Phi) is 6.46. The normalized spacial score (nSPS) is 15.0. The van der Waals surface area contributed by atoms with Gasteiger partial charge in [-0.2, -0.15) is 0 Å². The van der Waals surface area contributed by atoms with Crippen molar-refractivity contribution in [2.24, 2.45) is 0 Å². The third-order valence-corrected chi connectivity index (χ3v) is 7.70. The Bertz CT molecular complexity index is 1240. The summed E-state index contributed by atoms with van der Waals surface area (Å²) in [5, 5.41) is 11.4. The lowest BCUT2D eigenvalue weighted by Gasteiger charge is -2.13. The molecular formula is C23H23N3O6S2. The molecule has 0 spiro atoms. The first-order chi connectivity index (χ1) is 16.5. The average molecular weight is 502 g/mol. The molecule has 1 N–H and O–H groups in total. The molecule has 11 heteroatoms. The number of nitrogens with zero attached hydrogens (tertiary/aromatic N) is 2. The van der Waals surface area contributed by atoms with E-state index in [4.69, 9.17) is 18.6 Å².